The van der Waals surface area contributed by atoms with Crippen molar-refractivity contribution in [3.63, 3.8) is 0 Å². The van der Waals surface area contributed by atoms with Gasteiger partial charge < -0.3 is 19.7 Å². The lowest BCUT2D eigenvalue weighted by Crippen LogP contribution is -2.35. The van der Waals surface area contributed by atoms with Gasteiger partial charge in [-0.25, -0.2) is 4.39 Å². The van der Waals surface area contributed by atoms with Crippen LogP contribution in [-0.2, 0) is 0 Å². The van der Waals surface area contributed by atoms with Crippen LogP contribution in [0.1, 0.15) is 50.0 Å². The van der Waals surface area contributed by atoms with Crippen molar-refractivity contribution < 1.29 is 24.1 Å². The Kier molecular flexibility index (Phi) is 6.63. The number of phenols is 2. The highest BCUT2D eigenvalue weighted by molar-refractivity contribution is 5.95. The van der Waals surface area contributed by atoms with E-state index in [2.05, 4.69) is 18.7 Å². The lowest BCUT2D eigenvalue weighted by molar-refractivity contribution is 0.169. The summed E-state index contributed by atoms with van der Waals surface area (Å²) in [5.41, 5.74) is 4.00. The fraction of sp³-hybridized carbons (Fsp3) is 0.333. The number of hydrogen-bond acceptors (Lipinski definition) is 5. The molecule has 0 amide bonds. The molecule has 5 rings (SSSR count). The number of halogens is 1. The molecule has 2 aliphatic rings. The molecule has 3 aromatic rings. The van der Waals surface area contributed by atoms with Crippen LogP contribution < -0.4 is 9.47 Å². The molecular formula is C30H32FNO4. The van der Waals surface area contributed by atoms with Crippen LogP contribution >= 0.6 is 0 Å². The molecule has 6 heteroatoms. The Morgan fingerprint density at radius 1 is 1.08 bits per heavy atom. The monoisotopic (exact) mass is 489 g/mol. The van der Waals surface area contributed by atoms with Crippen molar-refractivity contribution in [2.24, 2.45) is 5.92 Å². The molecule has 0 radical (unpaired) electrons. The lowest BCUT2D eigenvalue weighted by Gasteiger charge is -2.31. The maximum atomic E-state index is 13.8. The van der Waals surface area contributed by atoms with Gasteiger partial charge in [-0.05, 0) is 91.9 Å². The summed E-state index contributed by atoms with van der Waals surface area (Å²) in [6.45, 7) is 9.31. The molecule has 2 aliphatic heterocycles. The second-order valence-electron chi connectivity index (χ2n) is 10.0. The molecule has 3 atom stereocenters. The zero-order valence-corrected chi connectivity index (χ0v) is 20.9. The third-order valence-electron chi connectivity index (χ3n) is 7.29. The van der Waals surface area contributed by atoms with Crippen LogP contribution in [0.3, 0.4) is 0 Å². The summed E-state index contributed by atoms with van der Waals surface area (Å²) in [6, 6.07) is 17.5. The third kappa shape index (κ3) is 4.78. The van der Waals surface area contributed by atoms with E-state index in [0.717, 1.165) is 47.0 Å². The van der Waals surface area contributed by atoms with Crippen LogP contribution in [0.15, 0.2) is 60.7 Å². The Balaban J connectivity index is 1.42. The second kappa shape index (κ2) is 9.86. The lowest BCUT2D eigenvalue weighted by atomic mass is 9.86. The number of benzene rings is 3. The maximum Gasteiger partial charge on any atom is 0.164 e. The number of likely N-dealkylation sites (tertiary alicyclic amines) is 1. The molecule has 188 valence electrons. The first-order chi connectivity index (χ1) is 17.3. The quantitative estimate of drug-likeness (QED) is 0.419. The highest BCUT2D eigenvalue weighted by Gasteiger charge is 2.30. The molecule has 2 N–H and O–H groups in total. The standard InChI is InChI=1S/C30H32FNO4/c1-18-12-13-32(16-18)19(2)17-35-24-8-4-21(5-9-24)30-29(22-6-10-26(31)27(34)14-22)20(3)25-15-23(33)7-11-28(25)36-30/h4-11,14-15,18-19,30,33-34H,12-13,16-17H2,1-3H3/t18-,19+,30?/m1/s1. The average Bonchev–Trinajstić information content (AvgIpc) is 3.31. The van der Waals surface area contributed by atoms with E-state index in [9.17, 15) is 14.6 Å². The minimum Gasteiger partial charge on any atom is -0.508 e. The smallest absolute Gasteiger partial charge is 0.164 e. The van der Waals surface area contributed by atoms with E-state index >= 15 is 0 Å². The van der Waals surface area contributed by atoms with Crippen molar-refractivity contribution in [3.05, 3.63) is 83.2 Å². The van der Waals surface area contributed by atoms with Crippen molar-refractivity contribution in [1.29, 1.82) is 0 Å². The van der Waals surface area contributed by atoms with Gasteiger partial charge in [0.15, 0.2) is 11.6 Å². The molecule has 2 heterocycles. The molecular weight excluding hydrogens is 457 g/mol. The van der Waals surface area contributed by atoms with E-state index < -0.39 is 17.7 Å². The normalized spacial score (nSPS) is 20.7. The summed E-state index contributed by atoms with van der Waals surface area (Å²) < 4.78 is 26.3. The number of phenolic OH excluding ortho intramolecular Hbond substituents is 2. The van der Waals surface area contributed by atoms with Crippen LogP contribution in [0.5, 0.6) is 23.0 Å². The van der Waals surface area contributed by atoms with Gasteiger partial charge in [0.1, 0.15) is 30.0 Å². The predicted molar refractivity (Wildman–Crippen MR) is 139 cm³/mol. The van der Waals surface area contributed by atoms with E-state index in [4.69, 9.17) is 9.47 Å². The van der Waals surface area contributed by atoms with Crippen molar-refractivity contribution in [3.8, 4) is 23.0 Å². The Labute approximate surface area is 211 Å². The van der Waals surface area contributed by atoms with Gasteiger partial charge in [-0.2, -0.15) is 0 Å². The van der Waals surface area contributed by atoms with Crippen LogP contribution in [-0.4, -0.2) is 40.9 Å². The van der Waals surface area contributed by atoms with E-state index in [1.807, 2.05) is 31.2 Å². The summed E-state index contributed by atoms with van der Waals surface area (Å²) in [5, 5.41) is 20.1. The Morgan fingerprint density at radius 3 is 2.56 bits per heavy atom. The molecule has 0 bridgehead atoms. The van der Waals surface area contributed by atoms with E-state index in [0.29, 0.717) is 24.0 Å². The zero-order valence-electron chi connectivity index (χ0n) is 20.9. The minimum atomic E-state index is -0.678. The number of aromatic hydroxyl groups is 2. The minimum absolute atomic E-state index is 0.135. The first-order valence-electron chi connectivity index (χ1n) is 12.5. The van der Waals surface area contributed by atoms with Crippen molar-refractivity contribution >= 4 is 11.1 Å². The number of ether oxygens (including phenoxy) is 2. The molecule has 1 fully saturated rings. The summed E-state index contributed by atoms with van der Waals surface area (Å²) in [6.07, 6.45) is 0.760. The molecule has 3 aromatic carbocycles. The third-order valence-corrected chi connectivity index (χ3v) is 7.29. The molecule has 5 nitrogen and oxygen atoms in total. The fourth-order valence-electron chi connectivity index (χ4n) is 5.15. The van der Waals surface area contributed by atoms with Crippen LogP contribution in [0.25, 0.3) is 11.1 Å². The van der Waals surface area contributed by atoms with Crippen LogP contribution in [0.4, 0.5) is 4.39 Å². The largest absolute Gasteiger partial charge is 0.508 e. The number of allylic oxidation sites excluding steroid dienone is 1. The summed E-state index contributed by atoms with van der Waals surface area (Å²) in [5.74, 6) is 1.22. The molecule has 0 aliphatic carbocycles. The van der Waals surface area contributed by atoms with Gasteiger partial charge in [-0.3, -0.25) is 4.90 Å². The first-order valence-corrected chi connectivity index (χ1v) is 12.5. The SMILES string of the molecule is CC1=C(c2ccc(F)c(O)c2)C(c2ccc(OC[C@H](C)N3CC[C@@H](C)C3)cc2)Oc2ccc(O)cc21. The van der Waals surface area contributed by atoms with Gasteiger partial charge >= 0.3 is 0 Å². The molecule has 1 unspecified atom stereocenters. The highest BCUT2D eigenvalue weighted by Crippen LogP contribution is 2.48. The van der Waals surface area contributed by atoms with E-state index in [-0.39, 0.29) is 5.75 Å². The maximum absolute atomic E-state index is 13.8. The van der Waals surface area contributed by atoms with Crippen molar-refractivity contribution in [2.45, 2.75) is 39.3 Å². The average molecular weight is 490 g/mol. The van der Waals surface area contributed by atoms with Gasteiger partial charge in [-0.1, -0.05) is 25.1 Å². The molecule has 0 spiro atoms. The summed E-state index contributed by atoms with van der Waals surface area (Å²) >= 11 is 0. The first kappa shape index (κ1) is 24.2. The van der Waals surface area contributed by atoms with E-state index in [1.165, 1.54) is 18.6 Å². The van der Waals surface area contributed by atoms with Gasteiger partial charge in [0.25, 0.3) is 0 Å². The van der Waals surface area contributed by atoms with E-state index in [1.54, 1.807) is 24.3 Å². The van der Waals surface area contributed by atoms with Gasteiger partial charge in [0, 0.05) is 23.7 Å². The van der Waals surface area contributed by atoms with Gasteiger partial charge in [0.2, 0.25) is 0 Å². The Morgan fingerprint density at radius 2 is 1.86 bits per heavy atom. The van der Waals surface area contributed by atoms with Gasteiger partial charge in [0.05, 0.1) is 0 Å². The van der Waals surface area contributed by atoms with Crippen molar-refractivity contribution in [1.82, 2.24) is 4.90 Å². The molecule has 36 heavy (non-hydrogen) atoms. The Hall–Kier alpha value is -3.51. The van der Waals surface area contributed by atoms with Crippen molar-refractivity contribution in [2.75, 3.05) is 19.7 Å². The highest BCUT2D eigenvalue weighted by atomic mass is 19.1. The topological polar surface area (TPSA) is 62.2 Å². The van der Waals surface area contributed by atoms with Crippen LogP contribution in [0, 0.1) is 11.7 Å². The Bertz CT molecular complexity index is 1290. The predicted octanol–water partition coefficient (Wildman–Crippen LogP) is 6.41. The number of rotatable bonds is 6. The van der Waals surface area contributed by atoms with Crippen LogP contribution in [0.2, 0.25) is 0 Å². The second-order valence-corrected chi connectivity index (χ2v) is 10.0. The number of nitrogens with zero attached hydrogens (tertiary/aromatic N) is 1. The fourth-order valence-corrected chi connectivity index (χ4v) is 5.15. The molecule has 1 saturated heterocycles. The number of hydrogen-bond donors (Lipinski definition) is 2. The number of fused-ring (bicyclic) bond motifs is 1. The molecule has 0 saturated carbocycles. The summed E-state index contributed by atoms with van der Waals surface area (Å²) in [4.78, 5) is 2.47. The van der Waals surface area contributed by atoms with Gasteiger partial charge in [-0.15, -0.1) is 0 Å². The summed E-state index contributed by atoms with van der Waals surface area (Å²) in [7, 11) is 0. The zero-order chi connectivity index (χ0) is 25.4. The molecule has 0 aromatic heterocycles.